The summed E-state index contributed by atoms with van der Waals surface area (Å²) in [5.74, 6) is -1.04. The Morgan fingerprint density at radius 2 is 2.15 bits per heavy atom. The standard InChI is InChI=1S/C13H13N5O2/c1-3-17-8(2)9(6-15-17)11-4-5-14-12-10(13(19)20)7-16-18(11)12/h4-7H,3H2,1-2H3,(H,19,20). The average Bonchev–Trinajstić information content (AvgIpc) is 3.01. The predicted octanol–water partition coefficient (Wildman–Crippen LogP) is 1.62. The van der Waals surface area contributed by atoms with E-state index in [4.69, 9.17) is 5.11 Å². The number of aromatic carboxylic acids is 1. The van der Waals surface area contributed by atoms with Gasteiger partial charge in [0.25, 0.3) is 0 Å². The Hall–Kier alpha value is -2.70. The number of carbonyl (C=O) groups is 1. The topological polar surface area (TPSA) is 85.3 Å². The van der Waals surface area contributed by atoms with Gasteiger partial charge in [-0.25, -0.2) is 14.3 Å². The van der Waals surface area contributed by atoms with Gasteiger partial charge in [0.15, 0.2) is 5.65 Å². The van der Waals surface area contributed by atoms with Gasteiger partial charge in [-0.15, -0.1) is 0 Å². The molecule has 0 fully saturated rings. The molecule has 0 aliphatic rings. The first-order valence-corrected chi connectivity index (χ1v) is 6.22. The molecule has 0 unspecified atom stereocenters. The summed E-state index contributed by atoms with van der Waals surface area (Å²) >= 11 is 0. The first kappa shape index (κ1) is 12.3. The zero-order valence-corrected chi connectivity index (χ0v) is 11.1. The van der Waals surface area contributed by atoms with Crippen molar-refractivity contribution in [3.05, 3.63) is 35.9 Å². The minimum absolute atomic E-state index is 0.0902. The van der Waals surface area contributed by atoms with E-state index in [-0.39, 0.29) is 5.56 Å². The Kier molecular flexibility index (Phi) is 2.74. The molecule has 102 valence electrons. The highest BCUT2D eigenvalue weighted by molar-refractivity contribution is 5.94. The molecule has 3 aromatic rings. The molecule has 7 heteroatoms. The molecule has 0 amide bonds. The second-order valence-electron chi connectivity index (χ2n) is 4.39. The predicted molar refractivity (Wildman–Crippen MR) is 71.6 cm³/mol. The van der Waals surface area contributed by atoms with Crippen LogP contribution in [0, 0.1) is 6.92 Å². The van der Waals surface area contributed by atoms with Crippen molar-refractivity contribution in [1.82, 2.24) is 24.4 Å². The third-order valence-corrected chi connectivity index (χ3v) is 3.31. The molecule has 0 bridgehead atoms. The van der Waals surface area contributed by atoms with Gasteiger partial charge in [-0.05, 0) is 19.9 Å². The van der Waals surface area contributed by atoms with Crippen LogP contribution in [0.1, 0.15) is 23.0 Å². The van der Waals surface area contributed by atoms with Gasteiger partial charge < -0.3 is 5.11 Å². The Labute approximate surface area is 114 Å². The molecule has 0 atom stereocenters. The van der Waals surface area contributed by atoms with Crippen molar-refractivity contribution in [2.75, 3.05) is 0 Å². The van der Waals surface area contributed by atoms with Crippen LogP contribution in [0.25, 0.3) is 16.9 Å². The summed E-state index contributed by atoms with van der Waals surface area (Å²) in [6.07, 6.45) is 4.66. The van der Waals surface area contributed by atoms with E-state index in [2.05, 4.69) is 15.2 Å². The molecule has 3 aromatic heterocycles. The van der Waals surface area contributed by atoms with Crippen LogP contribution in [-0.2, 0) is 6.54 Å². The second-order valence-corrected chi connectivity index (χ2v) is 4.39. The van der Waals surface area contributed by atoms with Crippen LogP contribution >= 0.6 is 0 Å². The maximum Gasteiger partial charge on any atom is 0.341 e. The number of nitrogens with zero attached hydrogens (tertiary/aromatic N) is 5. The molecule has 7 nitrogen and oxygen atoms in total. The van der Waals surface area contributed by atoms with Gasteiger partial charge >= 0.3 is 5.97 Å². The molecule has 3 rings (SSSR count). The minimum Gasteiger partial charge on any atom is -0.477 e. The molecule has 0 aromatic carbocycles. The summed E-state index contributed by atoms with van der Waals surface area (Å²) in [7, 11) is 0. The average molecular weight is 271 g/mol. The Morgan fingerprint density at radius 1 is 1.35 bits per heavy atom. The van der Waals surface area contributed by atoms with E-state index in [1.165, 1.54) is 10.7 Å². The number of carboxylic acids is 1. The summed E-state index contributed by atoms with van der Waals surface area (Å²) in [6, 6.07) is 1.80. The number of carboxylic acid groups (broad SMARTS) is 1. The summed E-state index contributed by atoms with van der Waals surface area (Å²) in [4.78, 5) is 15.2. The lowest BCUT2D eigenvalue weighted by molar-refractivity contribution is 0.0699. The molecular formula is C13H13N5O2. The maximum absolute atomic E-state index is 11.1. The summed E-state index contributed by atoms with van der Waals surface area (Å²) in [5, 5.41) is 17.5. The number of fused-ring (bicyclic) bond motifs is 1. The third-order valence-electron chi connectivity index (χ3n) is 3.31. The number of aromatic nitrogens is 5. The van der Waals surface area contributed by atoms with Crippen LogP contribution in [0.5, 0.6) is 0 Å². The number of rotatable bonds is 3. The molecule has 1 N–H and O–H groups in total. The fraction of sp³-hybridized carbons (Fsp3) is 0.231. The van der Waals surface area contributed by atoms with Gasteiger partial charge in [-0.2, -0.15) is 10.2 Å². The van der Waals surface area contributed by atoms with Crippen molar-refractivity contribution in [2.45, 2.75) is 20.4 Å². The molecule has 20 heavy (non-hydrogen) atoms. The number of aryl methyl sites for hydroxylation is 1. The molecule has 0 radical (unpaired) electrons. The normalized spacial score (nSPS) is 11.1. The lowest BCUT2D eigenvalue weighted by atomic mass is 10.2. The largest absolute Gasteiger partial charge is 0.477 e. The highest BCUT2D eigenvalue weighted by atomic mass is 16.4. The van der Waals surface area contributed by atoms with Gasteiger partial charge in [0.1, 0.15) is 5.56 Å². The van der Waals surface area contributed by atoms with Crippen LogP contribution in [0.3, 0.4) is 0 Å². The van der Waals surface area contributed by atoms with E-state index in [9.17, 15) is 4.79 Å². The zero-order valence-electron chi connectivity index (χ0n) is 11.1. The Balaban J connectivity index is 2.26. The molecule has 0 aliphatic carbocycles. The van der Waals surface area contributed by atoms with E-state index in [0.29, 0.717) is 5.65 Å². The van der Waals surface area contributed by atoms with Gasteiger partial charge in [0.05, 0.1) is 18.1 Å². The summed E-state index contributed by atoms with van der Waals surface area (Å²) in [5.41, 5.74) is 3.12. The van der Waals surface area contributed by atoms with Crippen LogP contribution in [-0.4, -0.2) is 35.5 Å². The van der Waals surface area contributed by atoms with Crippen molar-refractivity contribution in [1.29, 1.82) is 0 Å². The highest BCUT2D eigenvalue weighted by Gasteiger charge is 2.17. The molecule has 0 spiro atoms. The maximum atomic E-state index is 11.1. The number of hydrogen-bond acceptors (Lipinski definition) is 4. The van der Waals surface area contributed by atoms with Crippen LogP contribution in [0.4, 0.5) is 0 Å². The van der Waals surface area contributed by atoms with E-state index >= 15 is 0 Å². The Bertz CT molecular complexity index is 802. The van der Waals surface area contributed by atoms with Crippen molar-refractivity contribution >= 4 is 11.6 Å². The smallest absolute Gasteiger partial charge is 0.341 e. The van der Waals surface area contributed by atoms with E-state index < -0.39 is 5.97 Å². The molecular weight excluding hydrogens is 258 g/mol. The second kappa shape index (κ2) is 4.44. The van der Waals surface area contributed by atoms with Crippen molar-refractivity contribution in [2.24, 2.45) is 0 Å². The lowest BCUT2D eigenvalue weighted by Crippen LogP contribution is -2.01. The van der Waals surface area contributed by atoms with E-state index in [1.807, 2.05) is 18.5 Å². The quantitative estimate of drug-likeness (QED) is 0.782. The Morgan fingerprint density at radius 3 is 2.80 bits per heavy atom. The van der Waals surface area contributed by atoms with Crippen LogP contribution in [0.2, 0.25) is 0 Å². The SMILES string of the molecule is CCn1ncc(-c2ccnc3c(C(=O)O)cnn23)c1C. The minimum atomic E-state index is -1.04. The molecule has 0 aliphatic heterocycles. The lowest BCUT2D eigenvalue weighted by Gasteiger charge is -2.05. The fourth-order valence-electron chi connectivity index (χ4n) is 2.26. The zero-order chi connectivity index (χ0) is 14.3. The summed E-state index contributed by atoms with van der Waals surface area (Å²) < 4.78 is 3.41. The van der Waals surface area contributed by atoms with Gasteiger partial charge in [-0.3, -0.25) is 4.68 Å². The summed E-state index contributed by atoms with van der Waals surface area (Å²) in [6.45, 7) is 4.77. The third kappa shape index (κ3) is 1.67. The monoisotopic (exact) mass is 271 g/mol. The molecule has 3 heterocycles. The van der Waals surface area contributed by atoms with Gasteiger partial charge in [-0.1, -0.05) is 0 Å². The molecule has 0 saturated carbocycles. The van der Waals surface area contributed by atoms with E-state index in [1.54, 1.807) is 18.5 Å². The first-order chi connectivity index (χ1) is 9.63. The van der Waals surface area contributed by atoms with Crippen LogP contribution in [0.15, 0.2) is 24.7 Å². The van der Waals surface area contributed by atoms with Gasteiger partial charge in [0.2, 0.25) is 0 Å². The van der Waals surface area contributed by atoms with Crippen molar-refractivity contribution in [3.63, 3.8) is 0 Å². The fourth-order valence-corrected chi connectivity index (χ4v) is 2.26. The highest BCUT2D eigenvalue weighted by Crippen LogP contribution is 2.24. The molecule has 0 saturated heterocycles. The first-order valence-electron chi connectivity index (χ1n) is 6.22. The van der Waals surface area contributed by atoms with Gasteiger partial charge in [0, 0.05) is 24.0 Å². The number of hydrogen-bond donors (Lipinski definition) is 1. The van der Waals surface area contributed by atoms with Crippen molar-refractivity contribution in [3.8, 4) is 11.3 Å². The van der Waals surface area contributed by atoms with Crippen LogP contribution < -0.4 is 0 Å². The van der Waals surface area contributed by atoms with Crippen molar-refractivity contribution < 1.29 is 9.90 Å². The van der Waals surface area contributed by atoms with E-state index in [0.717, 1.165) is 23.5 Å².